The van der Waals surface area contributed by atoms with E-state index >= 15 is 0 Å². The van der Waals surface area contributed by atoms with E-state index in [0.717, 1.165) is 38.4 Å². The summed E-state index contributed by atoms with van der Waals surface area (Å²) in [7, 11) is 0. The average Bonchev–Trinajstić information content (AvgIpc) is 2.15. The number of rotatable bonds is 3. The van der Waals surface area contributed by atoms with Gasteiger partial charge in [-0.25, -0.2) is 0 Å². The minimum Gasteiger partial charge on any atom is -0.378 e. The summed E-state index contributed by atoms with van der Waals surface area (Å²) in [5.41, 5.74) is 1.11. The predicted molar refractivity (Wildman–Crippen MR) is 51.0 cm³/mol. The molecular formula is C10H17NO. The zero-order valence-electron chi connectivity index (χ0n) is 7.75. The van der Waals surface area contributed by atoms with Crippen molar-refractivity contribution >= 4 is 0 Å². The first-order chi connectivity index (χ1) is 5.84. The second kappa shape index (κ2) is 4.99. The van der Waals surface area contributed by atoms with Gasteiger partial charge in [0.25, 0.3) is 0 Å². The lowest BCUT2D eigenvalue weighted by atomic mass is 10.3. The van der Waals surface area contributed by atoms with Gasteiger partial charge in [0.15, 0.2) is 0 Å². The number of hydrogen-bond donors (Lipinski definition) is 0. The van der Waals surface area contributed by atoms with Gasteiger partial charge < -0.3 is 9.64 Å². The van der Waals surface area contributed by atoms with Gasteiger partial charge in [-0.1, -0.05) is 19.6 Å². The van der Waals surface area contributed by atoms with Gasteiger partial charge in [0, 0.05) is 18.8 Å². The van der Waals surface area contributed by atoms with Gasteiger partial charge >= 0.3 is 0 Å². The van der Waals surface area contributed by atoms with Crippen LogP contribution in [-0.2, 0) is 4.74 Å². The van der Waals surface area contributed by atoms with Crippen LogP contribution in [0.5, 0.6) is 0 Å². The maximum atomic E-state index is 5.25. The third kappa shape index (κ3) is 2.70. The van der Waals surface area contributed by atoms with Crippen molar-refractivity contribution in [2.24, 2.45) is 0 Å². The molecule has 0 aliphatic carbocycles. The Balaban J connectivity index is 2.34. The normalized spacial score (nSPS) is 18.6. The number of morpholine rings is 1. The van der Waals surface area contributed by atoms with Gasteiger partial charge in [-0.3, -0.25) is 0 Å². The van der Waals surface area contributed by atoms with Gasteiger partial charge in [0.2, 0.25) is 0 Å². The van der Waals surface area contributed by atoms with E-state index in [1.807, 2.05) is 0 Å². The van der Waals surface area contributed by atoms with Crippen molar-refractivity contribution in [1.82, 2.24) is 4.90 Å². The zero-order valence-corrected chi connectivity index (χ0v) is 7.75. The fourth-order valence-electron chi connectivity index (χ4n) is 1.21. The van der Waals surface area contributed by atoms with Crippen LogP contribution in [0, 0.1) is 0 Å². The molecule has 0 aromatic heterocycles. The van der Waals surface area contributed by atoms with Gasteiger partial charge in [-0.15, -0.1) is 0 Å². The third-order valence-electron chi connectivity index (χ3n) is 1.96. The summed E-state index contributed by atoms with van der Waals surface area (Å²) in [5, 5.41) is 0. The number of hydrogen-bond acceptors (Lipinski definition) is 2. The highest BCUT2D eigenvalue weighted by Crippen LogP contribution is 2.06. The molecule has 0 saturated carbocycles. The van der Waals surface area contributed by atoms with Gasteiger partial charge in [-0.2, -0.15) is 0 Å². The molecule has 0 aromatic carbocycles. The maximum absolute atomic E-state index is 5.25. The second-order valence-corrected chi connectivity index (χ2v) is 2.90. The molecule has 1 rings (SSSR count). The molecular weight excluding hydrogens is 150 g/mol. The van der Waals surface area contributed by atoms with E-state index in [1.54, 1.807) is 0 Å². The van der Waals surface area contributed by atoms with Crippen LogP contribution < -0.4 is 0 Å². The molecule has 0 atom stereocenters. The molecule has 1 fully saturated rings. The van der Waals surface area contributed by atoms with E-state index in [9.17, 15) is 0 Å². The van der Waals surface area contributed by atoms with Gasteiger partial charge in [0.1, 0.15) is 0 Å². The smallest absolute Gasteiger partial charge is 0.0642 e. The Morgan fingerprint density at radius 3 is 2.75 bits per heavy atom. The highest BCUT2D eigenvalue weighted by atomic mass is 16.5. The van der Waals surface area contributed by atoms with Crippen molar-refractivity contribution < 1.29 is 4.74 Å². The maximum Gasteiger partial charge on any atom is 0.0642 e. The molecule has 0 N–H and O–H groups in total. The van der Waals surface area contributed by atoms with Crippen molar-refractivity contribution in [3.8, 4) is 0 Å². The summed E-state index contributed by atoms with van der Waals surface area (Å²) in [6, 6.07) is 0. The average molecular weight is 167 g/mol. The van der Waals surface area contributed by atoms with E-state index in [-0.39, 0.29) is 0 Å². The summed E-state index contributed by atoms with van der Waals surface area (Å²) in [4.78, 5) is 2.26. The number of nitrogens with zero attached hydrogens (tertiary/aromatic N) is 1. The van der Waals surface area contributed by atoms with Crippen molar-refractivity contribution in [2.75, 3.05) is 26.3 Å². The van der Waals surface area contributed by atoms with Crippen molar-refractivity contribution in [1.29, 1.82) is 0 Å². The minimum atomic E-state index is 0.832. The van der Waals surface area contributed by atoms with Crippen LogP contribution in [-0.4, -0.2) is 31.2 Å². The molecule has 0 bridgehead atoms. The number of allylic oxidation sites excluding steroid dienone is 2. The fourth-order valence-corrected chi connectivity index (χ4v) is 1.21. The first-order valence-corrected chi connectivity index (χ1v) is 4.52. The molecule has 0 radical (unpaired) electrons. The Morgan fingerprint density at radius 2 is 2.17 bits per heavy atom. The highest BCUT2D eigenvalue weighted by molar-refractivity contribution is 5.13. The van der Waals surface area contributed by atoms with Crippen molar-refractivity contribution in [3.63, 3.8) is 0 Å². The van der Waals surface area contributed by atoms with Crippen LogP contribution in [0.1, 0.15) is 13.3 Å². The molecule has 0 spiro atoms. The van der Waals surface area contributed by atoms with Crippen LogP contribution in [0.25, 0.3) is 0 Å². The Morgan fingerprint density at radius 1 is 1.50 bits per heavy atom. The first kappa shape index (κ1) is 9.33. The van der Waals surface area contributed by atoms with Crippen molar-refractivity contribution in [2.45, 2.75) is 13.3 Å². The lowest BCUT2D eigenvalue weighted by molar-refractivity contribution is 0.0556. The molecule has 1 aliphatic heterocycles. The summed E-state index contributed by atoms with van der Waals surface area (Å²) < 4.78 is 5.25. The molecule has 1 aliphatic rings. The molecule has 2 nitrogen and oxygen atoms in total. The Labute approximate surface area is 74.5 Å². The lowest BCUT2D eigenvalue weighted by Gasteiger charge is -2.28. The standard InChI is InChI=1S/C10H17NO/c1-3-4-5-10(2)11-6-8-12-9-7-11/h4-5H,2-3,6-9H2,1H3. The fraction of sp³-hybridized carbons (Fsp3) is 0.600. The molecule has 1 saturated heterocycles. The summed E-state index contributed by atoms with van der Waals surface area (Å²) in [6.45, 7) is 9.75. The molecule has 1 heterocycles. The van der Waals surface area contributed by atoms with E-state index in [0.29, 0.717) is 0 Å². The lowest BCUT2D eigenvalue weighted by Crippen LogP contribution is -2.34. The third-order valence-corrected chi connectivity index (χ3v) is 1.96. The SMILES string of the molecule is C=C(C=CCC)N1CCOCC1. The van der Waals surface area contributed by atoms with Gasteiger partial charge in [-0.05, 0) is 12.5 Å². The minimum absolute atomic E-state index is 0.832. The molecule has 0 aromatic rings. The van der Waals surface area contributed by atoms with Gasteiger partial charge in [0.05, 0.1) is 13.2 Å². The predicted octanol–water partition coefficient (Wildman–Crippen LogP) is 1.80. The molecule has 0 unspecified atom stereocenters. The molecule has 0 amide bonds. The molecule has 2 heteroatoms. The van der Waals surface area contributed by atoms with Crippen LogP contribution >= 0.6 is 0 Å². The summed E-state index contributed by atoms with van der Waals surface area (Å²) >= 11 is 0. The Kier molecular flexibility index (Phi) is 3.88. The first-order valence-electron chi connectivity index (χ1n) is 4.52. The Hall–Kier alpha value is -0.760. The zero-order chi connectivity index (χ0) is 8.81. The largest absolute Gasteiger partial charge is 0.378 e. The molecule has 68 valence electrons. The van der Waals surface area contributed by atoms with Crippen LogP contribution in [0.2, 0.25) is 0 Å². The van der Waals surface area contributed by atoms with E-state index < -0.39 is 0 Å². The van der Waals surface area contributed by atoms with E-state index in [4.69, 9.17) is 4.74 Å². The second-order valence-electron chi connectivity index (χ2n) is 2.90. The summed E-state index contributed by atoms with van der Waals surface area (Å²) in [5.74, 6) is 0. The van der Waals surface area contributed by atoms with Crippen LogP contribution in [0.3, 0.4) is 0 Å². The summed E-state index contributed by atoms with van der Waals surface area (Å²) in [6.07, 6.45) is 5.30. The quantitative estimate of drug-likeness (QED) is 0.594. The van der Waals surface area contributed by atoms with Crippen LogP contribution in [0.4, 0.5) is 0 Å². The highest BCUT2D eigenvalue weighted by Gasteiger charge is 2.09. The Bertz CT molecular complexity index is 169. The van der Waals surface area contributed by atoms with E-state index in [2.05, 4.69) is 30.6 Å². The van der Waals surface area contributed by atoms with Crippen molar-refractivity contribution in [3.05, 3.63) is 24.4 Å². The molecule has 12 heavy (non-hydrogen) atoms. The monoisotopic (exact) mass is 167 g/mol. The van der Waals surface area contributed by atoms with Crippen LogP contribution in [0.15, 0.2) is 24.4 Å². The topological polar surface area (TPSA) is 12.5 Å². The van der Waals surface area contributed by atoms with E-state index in [1.165, 1.54) is 0 Å². The number of ether oxygens (including phenoxy) is 1.